The Bertz CT molecular complexity index is 341. The average molecular weight is 225 g/mol. The molecule has 0 aliphatic carbocycles. The summed E-state index contributed by atoms with van der Waals surface area (Å²) in [5.41, 5.74) is 0.764. The number of hydrogen-bond donors (Lipinski definition) is 3. The lowest BCUT2D eigenvalue weighted by atomic mass is 10.1. The molecule has 2 atom stereocenters. The van der Waals surface area contributed by atoms with Crippen LogP contribution in [0.3, 0.4) is 0 Å². The zero-order valence-corrected chi connectivity index (χ0v) is 9.90. The molecule has 4 nitrogen and oxygen atoms in total. The van der Waals surface area contributed by atoms with Crippen molar-refractivity contribution < 1.29 is 14.9 Å². The Labute approximate surface area is 95.9 Å². The van der Waals surface area contributed by atoms with Gasteiger partial charge in [0.25, 0.3) is 0 Å². The molecule has 0 saturated heterocycles. The second-order valence-corrected chi connectivity index (χ2v) is 3.90. The Morgan fingerprint density at radius 1 is 1.38 bits per heavy atom. The molecule has 0 heterocycles. The zero-order chi connectivity index (χ0) is 12.1. The van der Waals surface area contributed by atoms with Crippen LogP contribution >= 0.6 is 0 Å². The van der Waals surface area contributed by atoms with Crippen LogP contribution in [0.15, 0.2) is 18.2 Å². The molecule has 0 aliphatic rings. The Hall–Kier alpha value is -1.26. The highest BCUT2D eigenvalue weighted by atomic mass is 16.5. The number of benzene rings is 1. The predicted molar refractivity (Wildman–Crippen MR) is 62.8 cm³/mol. The summed E-state index contributed by atoms with van der Waals surface area (Å²) in [5, 5.41) is 21.9. The van der Waals surface area contributed by atoms with E-state index in [1.165, 1.54) is 0 Å². The van der Waals surface area contributed by atoms with E-state index in [1.807, 2.05) is 13.8 Å². The molecule has 0 radical (unpaired) electrons. The summed E-state index contributed by atoms with van der Waals surface area (Å²) in [6, 6.07) is 5.05. The maximum absolute atomic E-state index is 9.73. The molecular formula is C12H19NO3. The van der Waals surface area contributed by atoms with Gasteiger partial charge in [-0.05, 0) is 32.0 Å². The quantitative estimate of drug-likeness (QED) is 0.709. The molecule has 0 amide bonds. The normalized spacial score (nSPS) is 14.5. The van der Waals surface area contributed by atoms with E-state index in [-0.39, 0.29) is 24.4 Å². The van der Waals surface area contributed by atoms with Crippen LogP contribution in [0.5, 0.6) is 11.5 Å². The summed E-state index contributed by atoms with van der Waals surface area (Å²) >= 11 is 0. The number of aliphatic hydroxyl groups excluding tert-OH is 1. The lowest BCUT2D eigenvalue weighted by molar-refractivity contribution is 0.242. The summed E-state index contributed by atoms with van der Waals surface area (Å²) in [6.45, 7) is 3.88. The highest BCUT2D eigenvalue weighted by molar-refractivity contribution is 5.41. The number of phenolic OH excluding ortho intramolecular Hbond substituents is 1. The van der Waals surface area contributed by atoms with E-state index < -0.39 is 0 Å². The van der Waals surface area contributed by atoms with Crippen LogP contribution < -0.4 is 10.1 Å². The molecule has 16 heavy (non-hydrogen) atoms. The van der Waals surface area contributed by atoms with Crippen LogP contribution in [0, 0.1) is 0 Å². The number of ether oxygens (including phenoxy) is 1. The van der Waals surface area contributed by atoms with Gasteiger partial charge >= 0.3 is 0 Å². The Morgan fingerprint density at radius 3 is 2.62 bits per heavy atom. The van der Waals surface area contributed by atoms with Crippen LogP contribution in [-0.4, -0.2) is 30.0 Å². The van der Waals surface area contributed by atoms with E-state index in [4.69, 9.17) is 9.84 Å². The molecule has 1 rings (SSSR count). The maximum atomic E-state index is 9.73. The second-order valence-electron chi connectivity index (χ2n) is 3.90. The third-order valence-corrected chi connectivity index (χ3v) is 2.51. The highest BCUT2D eigenvalue weighted by Gasteiger charge is 2.13. The van der Waals surface area contributed by atoms with Gasteiger partial charge in [0.2, 0.25) is 0 Å². The van der Waals surface area contributed by atoms with Crippen molar-refractivity contribution in [3.8, 4) is 11.5 Å². The van der Waals surface area contributed by atoms with Gasteiger partial charge in [-0.3, -0.25) is 0 Å². The number of hydrogen-bond acceptors (Lipinski definition) is 4. The first kappa shape index (κ1) is 12.8. The zero-order valence-electron chi connectivity index (χ0n) is 9.90. The highest BCUT2D eigenvalue weighted by Crippen LogP contribution is 2.28. The largest absolute Gasteiger partial charge is 0.508 e. The molecular weight excluding hydrogens is 206 g/mol. The van der Waals surface area contributed by atoms with Crippen molar-refractivity contribution in [2.75, 3.05) is 13.7 Å². The summed E-state index contributed by atoms with van der Waals surface area (Å²) in [6.07, 6.45) is 0. The van der Waals surface area contributed by atoms with E-state index in [0.717, 1.165) is 5.56 Å². The number of phenols is 1. The van der Waals surface area contributed by atoms with Crippen molar-refractivity contribution in [3.63, 3.8) is 0 Å². The SMILES string of the molecule is COc1ccc(O)c(C(C)N[C@@H](C)CO)c1. The standard InChI is InChI=1S/C12H19NO3/c1-8(7-14)13-9(2)11-6-10(16-3)4-5-12(11)15/h4-6,8-9,13-15H,7H2,1-3H3/t8-,9?/m0/s1. The predicted octanol–water partition coefficient (Wildman–Crippen LogP) is 1.43. The minimum Gasteiger partial charge on any atom is -0.508 e. The van der Waals surface area contributed by atoms with Crippen molar-refractivity contribution in [3.05, 3.63) is 23.8 Å². The van der Waals surface area contributed by atoms with E-state index in [0.29, 0.717) is 5.75 Å². The minimum absolute atomic E-state index is 0.0133. The number of methoxy groups -OCH3 is 1. The molecule has 0 saturated carbocycles. The summed E-state index contributed by atoms with van der Waals surface area (Å²) < 4.78 is 5.10. The van der Waals surface area contributed by atoms with Gasteiger partial charge in [0, 0.05) is 17.6 Å². The molecule has 1 aromatic rings. The smallest absolute Gasteiger partial charge is 0.120 e. The van der Waals surface area contributed by atoms with Gasteiger partial charge in [-0.1, -0.05) is 0 Å². The summed E-state index contributed by atoms with van der Waals surface area (Å²) in [5.74, 6) is 0.934. The fourth-order valence-corrected chi connectivity index (χ4v) is 1.58. The van der Waals surface area contributed by atoms with Crippen molar-refractivity contribution in [1.29, 1.82) is 0 Å². The first-order valence-electron chi connectivity index (χ1n) is 5.32. The minimum atomic E-state index is -0.0442. The molecule has 90 valence electrons. The molecule has 4 heteroatoms. The monoisotopic (exact) mass is 225 g/mol. The number of rotatable bonds is 5. The molecule has 1 aromatic carbocycles. The lowest BCUT2D eigenvalue weighted by Gasteiger charge is -2.20. The Kier molecular flexibility index (Phi) is 4.58. The number of aromatic hydroxyl groups is 1. The first-order valence-corrected chi connectivity index (χ1v) is 5.32. The van der Waals surface area contributed by atoms with Crippen LogP contribution in [0.25, 0.3) is 0 Å². The lowest BCUT2D eigenvalue weighted by Crippen LogP contribution is -2.31. The van der Waals surface area contributed by atoms with Crippen molar-refractivity contribution in [2.45, 2.75) is 25.9 Å². The second kappa shape index (κ2) is 5.72. The Morgan fingerprint density at radius 2 is 2.06 bits per heavy atom. The topological polar surface area (TPSA) is 61.7 Å². The van der Waals surface area contributed by atoms with Gasteiger partial charge < -0.3 is 20.3 Å². The van der Waals surface area contributed by atoms with Crippen LogP contribution in [0.4, 0.5) is 0 Å². The van der Waals surface area contributed by atoms with Crippen molar-refractivity contribution >= 4 is 0 Å². The van der Waals surface area contributed by atoms with Crippen LogP contribution in [-0.2, 0) is 0 Å². The fourth-order valence-electron chi connectivity index (χ4n) is 1.58. The van der Waals surface area contributed by atoms with Gasteiger partial charge in [0.05, 0.1) is 13.7 Å². The molecule has 3 N–H and O–H groups in total. The summed E-state index contributed by atoms with van der Waals surface area (Å²) in [7, 11) is 1.59. The van der Waals surface area contributed by atoms with Crippen LogP contribution in [0.2, 0.25) is 0 Å². The molecule has 0 fully saturated rings. The first-order chi connectivity index (χ1) is 7.58. The van der Waals surface area contributed by atoms with Crippen LogP contribution in [0.1, 0.15) is 25.5 Å². The summed E-state index contributed by atoms with van der Waals surface area (Å²) in [4.78, 5) is 0. The van der Waals surface area contributed by atoms with E-state index in [2.05, 4.69) is 5.32 Å². The number of aliphatic hydroxyl groups is 1. The molecule has 0 aromatic heterocycles. The van der Waals surface area contributed by atoms with Gasteiger partial charge in [-0.15, -0.1) is 0 Å². The molecule has 0 bridgehead atoms. The van der Waals surface area contributed by atoms with E-state index >= 15 is 0 Å². The van der Waals surface area contributed by atoms with E-state index in [1.54, 1.807) is 25.3 Å². The number of nitrogens with one attached hydrogen (secondary N) is 1. The van der Waals surface area contributed by atoms with Gasteiger partial charge in [0.15, 0.2) is 0 Å². The maximum Gasteiger partial charge on any atom is 0.120 e. The average Bonchev–Trinajstić information content (AvgIpc) is 2.29. The van der Waals surface area contributed by atoms with Gasteiger partial charge in [-0.2, -0.15) is 0 Å². The Balaban J connectivity index is 2.84. The van der Waals surface area contributed by atoms with Gasteiger partial charge in [0.1, 0.15) is 11.5 Å². The van der Waals surface area contributed by atoms with Crippen molar-refractivity contribution in [1.82, 2.24) is 5.32 Å². The third-order valence-electron chi connectivity index (χ3n) is 2.51. The van der Waals surface area contributed by atoms with Crippen molar-refractivity contribution in [2.24, 2.45) is 0 Å². The molecule has 0 aliphatic heterocycles. The molecule has 0 spiro atoms. The fraction of sp³-hybridized carbons (Fsp3) is 0.500. The van der Waals surface area contributed by atoms with Gasteiger partial charge in [-0.25, -0.2) is 0 Å². The molecule has 1 unspecified atom stereocenters. The van der Waals surface area contributed by atoms with E-state index in [9.17, 15) is 5.11 Å². The third kappa shape index (κ3) is 3.12.